The molecule has 2 aliphatic rings. The van der Waals surface area contributed by atoms with E-state index in [-0.39, 0.29) is 23.1 Å². The molecular formula is C24H28N2O3. The zero-order valence-electron chi connectivity index (χ0n) is 17.3. The fraction of sp³-hybridized carbons (Fsp3) is 0.417. The van der Waals surface area contributed by atoms with Gasteiger partial charge in [0.15, 0.2) is 0 Å². The first-order chi connectivity index (χ1) is 13.9. The second-order valence-corrected chi connectivity index (χ2v) is 8.47. The summed E-state index contributed by atoms with van der Waals surface area (Å²) in [5.41, 5.74) is 5.18. The van der Waals surface area contributed by atoms with Gasteiger partial charge in [-0.2, -0.15) is 0 Å². The molecule has 0 saturated carbocycles. The summed E-state index contributed by atoms with van der Waals surface area (Å²) in [5, 5.41) is 2.85. The number of rotatable bonds is 3. The third kappa shape index (κ3) is 3.67. The topological polar surface area (TPSA) is 58.6 Å². The molecule has 2 aromatic rings. The number of carbonyl (C=O) groups excluding carboxylic acids is 2. The van der Waals surface area contributed by atoms with Gasteiger partial charge in [-0.3, -0.25) is 9.59 Å². The normalized spacial score (nSPS) is 17.4. The number of hydrogen-bond acceptors (Lipinski definition) is 3. The van der Waals surface area contributed by atoms with Crippen molar-refractivity contribution in [1.29, 1.82) is 0 Å². The van der Waals surface area contributed by atoms with Gasteiger partial charge in [0.05, 0.1) is 0 Å². The number of carbonyl (C=O) groups is 2. The quantitative estimate of drug-likeness (QED) is 0.844. The molecule has 4 rings (SSSR count). The summed E-state index contributed by atoms with van der Waals surface area (Å²) in [7, 11) is 0. The number of nitrogens with one attached hydrogen (secondary N) is 1. The van der Waals surface area contributed by atoms with Gasteiger partial charge in [0.2, 0.25) is 11.8 Å². The Balaban J connectivity index is 1.77. The molecule has 0 atom stereocenters. The molecule has 1 fully saturated rings. The molecule has 2 aliphatic heterocycles. The minimum absolute atomic E-state index is 0.0353. The van der Waals surface area contributed by atoms with Crippen molar-refractivity contribution in [3.8, 4) is 11.1 Å². The minimum atomic E-state index is -0.0832. The Morgan fingerprint density at radius 2 is 1.79 bits per heavy atom. The van der Waals surface area contributed by atoms with Gasteiger partial charge in [0.1, 0.15) is 0 Å². The molecule has 2 amide bonds. The average Bonchev–Trinajstić information content (AvgIpc) is 3.01. The zero-order valence-corrected chi connectivity index (χ0v) is 17.3. The van der Waals surface area contributed by atoms with Crippen LogP contribution in [-0.4, -0.2) is 31.6 Å². The van der Waals surface area contributed by atoms with E-state index in [1.165, 1.54) is 12.5 Å². The maximum Gasteiger partial charge on any atom is 0.229 e. The lowest BCUT2D eigenvalue weighted by Crippen LogP contribution is -2.41. The standard InChI is InChI=1S/C24H28N2O3/c1-16(2)23(28)26-15-24(9-11-29-12-10-24)21-14-19(7-8-22(21)26)18-5-4-6-20(13-18)25-17(3)27/h4-8,13-14,16H,9-12,15H2,1-3H3,(H,25,27). The van der Waals surface area contributed by atoms with Gasteiger partial charge in [0, 0.05) is 49.4 Å². The molecule has 0 radical (unpaired) electrons. The Morgan fingerprint density at radius 1 is 1.07 bits per heavy atom. The van der Waals surface area contributed by atoms with Gasteiger partial charge >= 0.3 is 0 Å². The van der Waals surface area contributed by atoms with E-state index in [1.807, 2.05) is 36.9 Å². The highest BCUT2D eigenvalue weighted by molar-refractivity contribution is 5.98. The predicted molar refractivity (Wildman–Crippen MR) is 115 cm³/mol. The van der Waals surface area contributed by atoms with Crippen molar-refractivity contribution in [2.45, 2.75) is 39.0 Å². The molecule has 152 valence electrons. The van der Waals surface area contributed by atoms with Crippen LogP contribution in [-0.2, 0) is 19.7 Å². The number of amides is 2. The Labute approximate surface area is 172 Å². The van der Waals surface area contributed by atoms with E-state index in [1.54, 1.807) is 0 Å². The van der Waals surface area contributed by atoms with Crippen molar-refractivity contribution >= 4 is 23.2 Å². The monoisotopic (exact) mass is 392 g/mol. The Morgan fingerprint density at radius 3 is 2.48 bits per heavy atom. The van der Waals surface area contributed by atoms with Crippen LogP contribution in [0, 0.1) is 5.92 Å². The highest BCUT2D eigenvalue weighted by Gasteiger charge is 2.45. The lowest BCUT2D eigenvalue weighted by molar-refractivity contribution is -0.121. The van der Waals surface area contributed by atoms with Crippen LogP contribution in [0.1, 0.15) is 39.2 Å². The Kier molecular flexibility index (Phi) is 5.17. The first-order valence-electron chi connectivity index (χ1n) is 10.3. The van der Waals surface area contributed by atoms with Crippen molar-refractivity contribution in [3.05, 3.63) is 48.0 Å². The molecule has 5 nitrogen and oxygen atoms in total. The second-order valence-electron chi connectivity index (χ2n) is 8.47. The SMILES string of the molecule is CC(=O)Nc1cccc(-c2ccc3c(c2)C2(CCOCC2)CN3C(=O)C(C)C)c1. The Bertz CT molecular complexity index is 945. The molecular weight excluding hydrogens is 364 g/mol. The summed E-state index contributed by atoms with van der Waals surface area (Å²) in [6.07, 6.45) is 1.86. The largest absolute Gasteiger partial charge is 0.381 e. The van der Waals surface area contributed by atoms with Gasteiger partial charge in [-0.15, -0.1) is 0 Å². The van der Waals surface area contributed by atoms with Crippen LogP contribution in [0.15, 0.2) is 42.5 Å². The molecule has 1 spiro atoms. The maximum atomic E-state index is 12.9. The van der Waals surface area contributed by atoms with Crippen LogP contribution in [0.25, 0.3) is 11.1 Å². The first-order valence-corrected chi connectivity index (χ1v) is 10.3. The van der Waals surface area contributed by atoms with Crippen LogP contribution in [0.5, 0.6) is 0 Å². The number of benzene rings is 2. The van der Waals surface area contributed by atoms with E-state index in [0.717, 1.165) is 55.1 Å². The van der Waals surface area contributed by atoms with E-state index in [9.17, 15) is 9.59 Å². The van der Waals surface area contributed by atoms with Crippen molar-refractivity contribution in [2.24, 2.45) is 5.92 Å². The smallest absolute Gasteiger partial charge is 0.229 e. The van der Waals surface area contributed by atoms with Crippen molar-refractivity contribution in [3.63, 3.8) is 0 Å². The van der Waals surface area contributed by atoms with E-state index in [4.69, 9.17) is 4.74 Å². The van der Waals surface area contributed by atoms with Crippen LogP contribution in [0.2, 0.25) is 0 Å². The van der Waals surface area contributed by atoms with Crippen LogP contribution < -0.4 is 10.2 Å². The van der Waals surface area contributed by atoms with E-state index < -0.39 is 0 Å². The van der Waals surface area contributed by atoms with Gasteiger partial charge in [-0.05, 0) is 53.8 Å². The molecule has 0 unspecified atom stereocenters. The summed E-state index contributed by atoms with van der Waals surface area (Å²) in [6.45, 7) is 7.61. The molecule has 29 heavy (non-hydrogen) atoms. The van der Waals surface area contributed by atoms with Crippen molar-refractivity contribution in [2.75, 3.05) is 30.0 Å². The van der Waals surface area contributed by atoms with Gasteiger partial charge in [-0.1, -0.05) is 32.0 Å². The molecule has 2 aromatic carbocycles. The van der Waals surface area contributed by atoms with Gasteiger partial charge in [0.25, 0.3) is 0 Å². The van der Waals surface area contributed by atoms with Crippen LogP contribution >= 0.6 is 0 Å². The minimum Gasteiger partial charge on any atom is -0.381 e. The molecule has 1 saturated heterocycles. The number of anilines is 2. The number of nitrogens with zero attached hydrogens (tertiary/aromatic N) is 1. The van der Waals surface area contributed by atoms with Crippen molar-refractivity contribution in [1.82, 2.24) is 0 Å². The summed E-state index contributed by atoms with van der Waals surface area (Å²) < 4.78 is 5.64. The maximum absolute atomic E-state index is 12.9. The lowest BCUT2D eigenvalue weighted by atomic mass is 9.75. The first kappa shape index (κ1) is 19.6. The molecule has 5 heteroatoms. The van der Waals surface area contributed by atoms with E-state index in [2.05, 4.69) is 29.6 Å². The van der Waals surface area contributed by atoms with E-state index >= 15 is 0 Å². The zero-order chi connectivity index (χ0) is 20.6. The fourth-order valence-corrected chi connectivity index (χ4v) is 4.53. The fourth-order valence-electron chi connectivity index (χ4n) is 4.53. The van der Waals surface area contributed by atoms with Gasteiger partial charge < -0.3 is 15.0 Å². The van der Waals surface area contributed by atoms with Gasteiger partial charge in [-0.25, -0.2) is 0 Å². The second kappa shape index (κ2) is 7.64. The third-order valence-electron chi connectivity index (χ3n) is 6.05. The predicted octanol–water partition coefficient (Wildman–Crippen LogP) is 4.36. The summed E-state index contributed by atoms with van der Waals surface area (Å²) in [4.78, 5) is 26.3. The molecule has 1 N–H and O–H groups in total. The van der Waals surface area contributed by atoms with Crippen LogP contribution in [0.4, 0.5) is 11.4 Å². The van der Waals surface area contributed by atoms with Crippen molar-refractivity contribution < 1.29 is 14.3 Å². The number of fused-ring (bicyclic) bond motifs is 2. The molecule has 2 heterocycles. The number of hydrogen-bond donors (Lipinski definition) is 1. The highest BCUT2D eigenvalue weighted by atomic mass is 16.5. The summed E-state index contributed by atoms with van der Waals surface area (Å²) >= 11 is 0. The Hall–Kier alpha value is -2.66. The van der Waals surface area contributed by atoms with E-state index in [0.29, 0.717) is 0 Å². The molecule has 0 aromatic heterocycles. The molecule has 0 aliphatic carbocycles. The third-order valence-corrected chi connectivity index (χ3v) is 6.05. The summed E-state index contributed by atoms with van der Waals surface area (Å²) in [6, 6.07) is 14.3. The highest BCUT2D eigenvalue weighted by Crippen LogP contribution is 2.48. The number of ether oxygens (including phenoxy) is 1. The van der Waals surface area contributed by atoms with Crippen LogP contribution in [0.3, 0.4) is 0 Å². The summed E-state index contributed by atoms with van der Waals surface area (Å²) in [5.74, 6) is 0.0574. The lowest BCUT2D eigenvalue weighted by Gasteiger charge is -2.34. The molecule has 0 bridgehead atoms. The average molecular weight is 392 g/mol.